The van der Waals surface area contributed by atoms with E-state index in [-0.39, 0.29) is 5.92 Å². The van der Waals surface area contributed by atoms with Crippen molar-refractivity contribution in [2.75, 3.05) is 7.11 Å². The van der Waals surface area contributed by atoms with Gasteiger partial charge in [-0.05, 0) is 23.8 Å². The lowest BCUT2D eigenvalue weighted by Gasteiger charge is -2.16. The second kappa shape index (κ2) is 5.37. The highest BCUT2D eigenvalue weighted by Crippen LogP contribution is 2.31. The largest absolute Gasteiger partial charge is 0.496 e. The van der Waals surface area contributed by atoms with Crippen molar-refractivity contribution in [3.8, 4) is 11.8 Å². The van der Waals surface area contributed by atoms with Crippen LogP contribution in [0.2, 0.25) is 0 Å². The number of hydrogen-bond acceptors (Lipinski definition) is 2. The minimum atomic E-state index is 0.244. The Morgan fingerprint density at radius 1 is 1.06 bits per heavy atom. The standard InChI is InChI=1S/C16H15NO/c1-12(14-9-7-13(11-17)8-10-14)15-5-3-4-6-16(15)18-2/h3-10,12H,1-2H3. The maximum Gasteiger partial charge on any atom is 0.122 e. The van der Waals surface area contributed by atoms with Crippen molar-refractivity contribution in [2.24, 2.45) is 0 Å². The van der Waals surface area contributed by atoms with E-state index >= 15 is 0 Å². The average Bonchev–Trinajstić information content (AvgIpc) is 2.46. The smallest absolute Gasteiger partial charge is 0.122 e. The maximum atomic E-state index is 8.80. The van der Waals surface area contributed by atoms with Crippen molar-refractivity contribution in [2.45, 2.75) is 12.8 Å². The summed E-state index contributed by atoms with van der Waals surface area (Å²) in [6.07, 6.45) is 0. The van der Waals surface area contributed by atoms with Crippen LogP contribution in [0.3, 0.4) is 0 Å². The zero-order valence-electron chi connectivity index (χ0n) is 10.6. The second-order valence-corrected chi connectivity index (χ2v) is 4.20. The molecule has 1 unspecified atom stereocenters. The molecule has 0 aliphatic heterocycles. The molecule has 1 atom stereocenters. The molecule has 0 heterocycles. The van der Waals surface area contributed by atoms with Gasteiger partial charge in [0.1, 0.15) is 5.75 Å². The molecule has 0 amide bonds. The Balaban J connectivity index is 2.35. The fourth-order valence-electron chi connectivity index (χ4n) is 2.05. The third-order valence-electron chi connectivity index (χ3n) is 3.15. The van der Waals surface area contributed by atoms with Crippen molar-refractivity contribution in [1.29, 1.82) is 5.26 Å². The van der Waals surface area contributed by atoms with Crippen LogP contribution in [0.15, 0.2) is 48.5 Å². The van der Waals surface area contributed by atoms with E-state index in [9.17, 15) is 0 Å². The van der Waals surface area contributed by atoms with Crippen LogP contribution in [-0.4, -0.2) is 7.11 Å². The van der Waals surface area contributed by atoms with Crippen LogP contribution in [0, 0.1) is 11.3 Å². The van der Waals surface area contributed by atoms with Gasteiger partial charge >= 0.3 is 0 Å². The van der Waals surface area contributed by atoms with Crippen LogP contribution in [0.1, 0.15) is 29.5 Å². The Hall–Kier alpha value is -2.27. The highest BCUT2D eigenvalue weighted by atomic mass is 16.5. The van der Waals surface area contributed by atoms with Gasteiger partial charge in [0.15, 0.2) is 0 Å². The van der Waals surface area contributed by atoms with E-state index in [4.69, 9.17) is 10.00 Å². The number of nitrogens with zero attached hydrogens (tertiary/aromatic N) is 1. The lowest BCUT2D eigenvalue weighted by molar-refractivity contribution is 0.408. The lowest BCUT2D eigenvalue weighted by Crippen LogP contribution is -1.99. The molecule has 18 heavy (non-hydrogen) atoms. The molecular formula is C16H15NO. The number of hydrogen-bond donors (Lipinski definition) is 0. The SMILES string of the molecule is COc1ccccc1C(C)c1ccc(C#N)cc1. The average molecular weight is 237 g/mol. The fourth-order valence-corrected chi connectivity index (χ4v) is 2.05. The van der Waals surface area contributed by atoms with Gasteiger partial charge in [0.05, 0.1) is 18.7 Å². The highest BCUT2D eigenvalue weighted by molar-refractivity contribution is 5.43. The van der Waals surface area contributed by atoms with Gasteiger partial charge in [-0.1, -0.05) is 37.3 Å². The summed E-state index contributed by atoms with van der Waals surface area (Å²) in [5.74, 6) is 1.14. The Labute approximate surface area is 107 Å². The Bertz CT molecular complexity index is 566. The molecule has 0 saturated carbocycles. The van der Waals surface area contributed by atoms with Crippen LogP contribution in [0.25, 0.3) is 0 Å². The van der Waals surface area contributed by atoms with E-state index in [1.54, 1.807) is 7.11 Å². The monoisotopic (exact) mass is 237 g/mol. The molecule has 2 aromatic rings. The predicted molar refractivity (Wildman–Crippen MR) is 71.7 cm³/mol. The van der Waals surface area contributed by atoms with Crippen LogP contribution < -0.4 is 4.74 Å². The number of nitriles is 1. The van der Waals surface area contributed by atoms with Gasteiger partial charge in [-0.3, -0.25) is 0 Å². The minimum absolute atomic E-state index is 0.244. The summed E-state index contributed by atoms with van der Waals surface area (Å²) in [4.78, 5) is 0. The van der Waals surface area contributed by atoms with Gasteiger partial charge in [0.2, 0.25) is 0 Å². The summed E-state index contributed by atoms with van der Waals surface area (Å²) in [6.45, 7) is 2.14. The topological polar surface area (TPSA) is 33.0 Å². The normalized spacial score (nSPS) is 11.6. The summed E-state index contributed by atoms with van der Waals surface area (Å²) in [7, 11) is 1.68. The van der Waals surface area contributed by atoms with E-state index < -0.39 is 0 Å². The van der Waals surface area contributed by atoms with Gasteiger partial charge in [0.25, 0.3) is 0 Å². The molecular weight excluding hydrogens is 222 g/mol. The number of methoxy groups -OCH3 is 1. The Kier molecular flexibility index (Phi) is 3.64. The first-order chi connectivity index (χ1) is 8.76. The van der Waals surface area contributed by atoms with Crippen molar-refractivity contribution >= 4 is 0 Å². The number of benzene rings is 2. The third-order valence-corrected chi connectivity index (χ3v) is 3.15. The van der Waals surface area contributed by atoms with Crippen LogP contribution >= 0.6 is 0 Å². The molecule has 0 aliphatic carbocycles. The number of para-hydroxylation sites is 1. The maximum absolute atomic E-state index is 8.80. The second-order valence-electron chi connectivity index (χ2n) is 4.20. The summed E-state index contributed by atoms with van der Waals surface area (Å²) < 4.78 is 5.38. The first kappa shape index (κ1) is 12.2. The minimum Gasteiger partial charge on any atom is -0.496 e. The van der Waals surface area contributed by atoms with Gasteiger partial charge < -0.3 is 4.74 Å². The van der Waals surface area contributed by atoms with Gasteiger partial charge in [-0.25, -0.2) is 0 Å². The molecule has 2 aromatic carbocycles. The lowest BCUT2D eigenvalue weighted by atomic mass is 9.92. The van der Waals surface area contributed by atoms with E-state index in [1.165, 1.54) is 5.56 Å². The summed E-state index contributed by atoms with van der Waals surface area (Å²) in [5, 5.41) is 8.80. The molecule has 0 radical (unpaired) electrons. The number of rotatable bonds is 3. The molecule has 2 rings (SSSR count). The predicted octanol–water partition coefficient (Wildman–Crippen LogP) is 3.72. The molecule has 0 aromatic heterocycles. The Morgan fingerprint density at radius 3 is 2.33 bits per heavy atom. The zero-order chi connectivity index (χ0) is 13.0. The first-order valence-corrected chi connectivity index (χ1v) is 5.89. The quantitative estimate of drug-likeness (QED) is 0.815. The van der Waals surface area contributed by atoms with E-state index in [2.05, 4.69) is 19.1 Å². The molecule has 2 heteroatoms. The van der Waals surface area contributed by atoms with Gasteiger partial charge in [-0.15, -0.1) is 0 Å². The molecule has 0 saturated heterocycles. The van der Waals surface area contributed by atoms with Crippen LogP contribution in [0.5, 0.6) is 5.75 Å². The van der Waals surface area contributed by atoms with E-state index in [0.29, 0.717) is 5.56 Å². The zero-order valence-corrected chi connectivity index (χ0v) is 10.6. The van der Waals surface area contributed by atoms with Gasteiger partial charge in [-0.2, -0.15) is 5.26 Å². The first-order valence-electron chi connectivity index (χ1n) is 5.89. The molecule has 90 valence electrons. The molecule has 0 bridgehead atoms. The summed E-state index contributed by atoms with van der Waals surface area (Å²) >= 11 is 0. The molecule has 2 nitrogen and oxygen atoms in total. The Morgan fingerprint density at radius 2 is 1.72 bits per heavy atom. The highest BCUT2D eigenvalue weighted by Gasteiger charge is 2.12. The van der Waals surface area contributed by atoms with E-state index in [1.807, 2.05) is 42.5 Å². The van der Waals surface area contributed by atoms with Crippen LogP contribution in [-0.2, 0) is 0 Å². The van der Waals surface area contributed by atoms with Crippen molar-refractivity contribution in [3.63, 3.8) is 0 Å². The molecule has 0 spiro atoms. The van der Waals surface area contributed by atoms with Gasteiger partial charge in [0, 0.05) is 11.5 Å². The number of ether oxygens (including phenoxy) is 1. The van der Waals surface area contributed by atoms with Crippen molar-refractivity contribution in [3.05, 3.63) is 65.2 Å². The summed E-state index contributed by atoms with van der Waals surface area (Å²) in [5.41, 5.74) is 3.02. The van der Waals surface area contributed by atoms with Crippen molar-refractivity contribution < 1.29 is 4.74 Å². The molecule has 0 fully saturated rings. The fraction of sp³-hybridized carbons (Fsp3) is 0.188. The molecule has 0 aliphatic rings. The van der Waals surface area contributed by atoms with Crippen LogP contribution in [0.4, 0.5) is 0 Å². The van der Waals surface area contributed by atoms with Crippen molar-refractivity contribution in [1.82, 2.24) is 0 Å². The molecule has 0 N–H and O–H groups in total. The van der Waals surface area contributed by atoms with E-state index in [0.717, 1.165) is 11.3 Å². The third kappa shape index (κ3) is 2.36. The summed E-state index contributed by atoms with van der Waals surface area (Å²) in [6, 6.07) is 17.8.